The van der Waals surface area contributed by atoms with Crippen LogP contribution in [0.25, 0.3) is 22.4 Å². The maximum Gasteiger partial charge on any atom is 0.301 e. The molecule has 0 aliphatic carbocycles. The lowest BCUT2D eigenvalue weighted by atomic mass is 10.1. The highest BCUT2D eigenvalue weighted by Gasteiger charge is 2.14. The van der Waals surface area contributed by atoms with Crippen LogP contribution in [0, 0.1) is 6.92 Å². The molecule has 4 heterocycles. The van der Waals surface area contributed by atoms with Crippen LogP contribution in [0.1, 0.15) is 5.69 Å². The third-order valence-corrected chi connectivity index (χ3v) is 5.31. The number of imidazole rings is 1. The van der Waals surface area contributed by atoms with Crippen molar-refractivity contribution in [3.05, 3.63) is 59.4 Å². The highest BCUT2D eigenvalue weighted by atomic mass is 35.5. The second-order valence-electron chi connectivity index (χ2n) is 7.12. The molecule has 30 heavy (non-hydrogen) atoms. The number of rotatable bonds is 4. The molecule has 0 amide bonds. The number of nitrogens with zero attached hydrogens (tertiary/aromatic N) is 4. The highest BCUT2D eigenvalue weighted by Crippen LogP contribution is 2.31. The zero-order chi connectivity index (χ0) is 20.5. The van der Waals surface area contributed by atoms with E-state index in [0.717, 1.165) is 37.6 Å². The van der Waals surface area contributed by atoms with E-state index in [1.54, 1.807) is 6.20 Å². The summed E-state index contributed by atoms with van der Waals surface area (Å²) in [6, 6.07) is 14.1. The Labute approximate surface area is 178 Å². The minimum atomic E-state index is 0.346. The fourth-order valence-electron chi connectivity index (χ4n) is 3.42. The third kappa shape index (κ3) is 3.81. The van der Waals surface area contributed by atoms with Crippen LogP contribution >= 0.6 is 11.6 Å². The standard InChI is InChI=1S/C22H20ClN5O2/c1-14-2-7-17(13-24-14)30-22-25-19-12-18(23)20(26-21(19)27-22)15-3-5-16(6-4-15)28-8-10-29-11-9-28/h2-7,12-13H,8-11H2,1H3,(H,25,26,27). The molecular formula is C22H20ClN5O2. The number of halogens is 1. The third-order valence-electron chi connectivity index (χ3n) is 5.02. The summed E-state index contributed by atoms with van der Waals surface area (Å²) in [5.74, 6) is 0.602. The molecule has 4 aromatic rings. The van der Waals surface area contributed by atoms with E-state index in [4.69, 9.17) is 21.1 Å². The van der Waals surface area contributed by atoms with Gasteiger partial charge in [0.2, 0.25) is 0 Å². The predicted molar refractivity (Wildman–Crippen MR) is 116 cm³/mol. The number of pyridine rings is 2. The van der Waals surface area contributed by atoms with Crippen molar-refractivity contribution in [3.8, 4) is 23.0 Å². The lowest BCUT2D eigenvalue weighted by molar-refractivity contribution is 0.122. The van der Waals surface area contributed by atoms with Crippen molar-refractivity contribution in [3.63, 3.8) is 0 Å². The number of ether oxygens (including phenoxy) is 2. The minimum absolute atomic E-state index is 0.346. The molecule has 0 bridgehead atoms. The molecule has 1 N–H and O–H groups in total. The fourth-order valence-corrected chi connectivity index (χ4v) is 3.68. The SMILES string of the molecule is Cc1ccc(Oc2nc3nc(-c4ccc(N5CCOCC5)cc4)c(Cl)cc3[nH]2)cn1. The van der Waals surface area contributed by atoms with E-state index in [9.17, 15) is 0 Å². The van der Waals surface area contributed by atoms with Gasteiger partial charge in [-0.15, -0.1) is 0 Å². The maximum absolute atomic E-state index is 6.53. The molecule has 1 aromatic carbocycles. The van der Waals surface area contributed by atoms with Gasteiger partial charge in [0.1, 0.15) is 5.75 Å². The first kappa shape index (κ1) is 18.8. The molecule has 0 unspecified atom stereocenters. The minimum Gasteiger partial charge on any atom is -0.424 e. The first-order valence-corrected chi connectivity index (χ1v) is 10.1. The largest absolute Gasteiger partial charge is 0.424 e. The molecule has 0 spiro atoms. The van der Waals surface area contributed by atoms with Gasteiger partial charge in [-0.1, -0.05) is 23.7 Å². The lowest BCUT2D eigenvalue weighted by Crippen LogP contribution is -2.36. The van der Waals surface area contributed by atoms with Gasteiger partial charge in [0, 0.05) is 30.0 Å². The Bertz CT molecular complexity index is 1170. The number of aryl methyl sites for hydroxylation is 1. The van der Waals surface area contributed by atoms with Crippen LogP contribution in [-0.4, -0.2) is 46.2 Å². The average Bonchev–Trinajstić information content (AvgIpc) is 3.16. The number of benzene rings is 1. The number of morpholine rings is 1. The lowest BCUT2D eigenvalue weighted by Gasteiger charge is -2.28. The Morgan fingerprint density at radius 2 is 1.87 bits per heavy atom. The molecule has 1 aliphatic heterocycles. The van der Waals surface area contributed by atoms with E-state index in [0.29, 0.717) is 33.6 Å². The van der Waals surface area contributed by atoms with Crippen LogP contribution in [0.3, 0.4) is 0 Å². The summed E-state index contributed by atoms with van der Waals surface area (Å²) in [6.45, 7) is 5.24. The summed E-state index contributed by atoms with van der Waals surface area (Å²) >= 11 is 6.53. The number of nitrogens with one attached hydrogen (secondary N) is 1. The smallest absolute Gasteiger partial charge is 0.301 e. The zero-order valence-corrected chi connectivity index (χ0v) is 17.2. The second kappa shape index (κ2) is 7.93. The van der Waals surface area contributed by atoms with E-state index in [1.165, 1.54) is 5.69 Å². The van der Waals surface area contributed by atoms with Crippen molar-refractivity contribution in [2.45, 2.75) is 6.92 Å². The molecule has 1 aliphatic rings. The first-order valence-electron chi connectivity index (χ1n) is 9.75. The Hall–Kier alpha value is -3.16. The van der Waals surface area contributed by atoms with Gasteiger partial charge >= 0.3 is 6.01 Å². The second-order valence-corrected chi connectivity index (χ2v) is 7.52. The molecule has 1 fully saturated rings. The van der Waals surface area contributed by atoms with Crippen LogP contribution in [0.2, 0.25) is 5.02 Å². The number of aromatic nitrogens is 4. The molecule has 7 nitrogen and oxygen atoms in total. The monoisotopic (exact) mass is 421 g/mol. The number of aromatic amines is 1. The number of hydrogen-bond donors (Lipinski definition) is 1. The van der Waals surface area contributed by atoms with Gasteiger partial charge in [0.25, 0.3) is 0 Å². The van der Waals surface area contributed by atoms with Gasteiger partial charge in [-0.05, 0) is 37.3 Å². The van der Waals surface area contributed by atoms with Crippen LogP contribution in [0.4, 0.5) is 5.69 Å². The highest BCUT2D eigenvalue weighted by molar-refractivity contribution is 6.33. The van der Waals surface area contributed by atoms with E-state index in [-0.39, 0.29) is 0 Å². The van der Waals surface area contributed by atoms with E-state index in [2.05, 4.69) is 37.0 Å². The van der Waals surface area contributed by atoms with Gasteiger partial charge < -0.3 is 19.4 Å². The first-order chi connectivity index (χ1) is 14.7. The van der Waals surface area contributed by atoms with Crippen molar-refractivity contribution >= 4 is 28.5 Å². The maximum atomic E-state index is 6.53. The zero-order valence-electron chi connectivity index (χ0n) is 16.4. The molecule has 152 valence electrons. The molecular weight excluding hydrogens is 402 g/mol. The van der Waals surface area contributed by atoms with Crippen molar-refractivity contribution in [1.82, 2.24) is 19.9 Å². The molecule has 5 rings (SSSR count). The Kier molecular flexibility index (Phi) is 4.98. The fraction of sp³-hybridized carbons (Fsp3) is 0.227. The summed E-state index contributed by atoms with van der Waals surface area (Å²) in [5, 5.41) is 0.550. The number of H-pyrrole nitrogens is 1. The topological polar surface area (TPSA) is 76.2 Å². The molecule has 0 radical (unpaired) electrons. The summed E-state index contributed by atoms with van der Waals surface area (Å²) in [7, 11) is 0. The van der Waals surface area contributed by atoms with Gasteiger partial charge in [-0.2, -0.15) is 4.98 Å². The normalized spacial score (nSPS) is 14.3. The van der Waals surface area contributed by atoms with Gasteiger partial charge in [0.15, 0.2) is 5.65 Å². The number of hydrogen-bond acceptors (Lipinski definition) is 6. The van der Waals surface area contributed by atoms with Crippen LogP contribution in [0.5, 0.6) is 11.8 Å². The van der Waals surface area contributed by atoms with E-state index < -0.39 is 0 Å². The van der Waals surface area contributed by atoms with Crippen molar-refractivity contribution in [1.29, 1.82) is 0 Å². The van der Waals surface area contributed by atoms with Gasteiger partial charge in [-0.3, -0.25) is 4.98 Å². The summed E-state index contributed by atoms with van der Waals surface area (Å²) in [5.41, 5.74) is 4.97. The Balaban J connectivity index is 1.41. The Morgan fingerprint density at radius 1 is 1.07 bits per heavy atom. The molecule has 0 atom stereocenters. The number of fused-ring (bicyclic) bond motifs is 1. The quantitative estimate of drug-likeness (QED) is 0.518. The van der Waals surface area contributed by atoms with Gasteiger partial charge in [0.05, 0.1) is 35.6 Å². The van der Waals surface area contributed by atoms with Crippen molar-refractivity contribution in [2.24, 2.45) is 0 Å². The van der Waals surface area contributed by atoms with Gasteiger partial charge in [-0.25, -0.2) is 4.98 Å². The molecule has 8 heteroatoms. The average molecular weight is 422 g/mol. The summed E-state index contributed by atoms with van der Waals surface area (Å²) in [6.07, 6.45) is 1.66. The van der Waals surface area contributed by atoms with Crippen molar-refractivity contribution < 1.29 is 9.47 Å². The molecule has 0 saturated carbocycles. The van der Waals surface area contributed by atoms with Crippen LogP contribution in [-0.2, 0) is 4.74 Å². The molecule has 1 saturated heterocycles. The number of anilines is 1. The van der Waals surface area contributed by atoms with Crippen molar-refractivity contribution in [2.75, 3.05) is 31.2 Å². The predicted octanol–water partition coefficient (Wildman–Crippen LogP) is 4.61. The summed E-state index contributed by atoms with van der Waals surface area (Å²) < 4.78 is 11.2. The van der Waals surface area contributed by atoms with Crippen LogP contribution in [0.15, 0.2) is 48.7 Å². The summed E-state index contributed by atoms with van der Waals surface area (Å²) in [4.78, 5) is 18.7. The van der Waals surface area contributed by atoms with E-state index in [1.807, 2.05) is 37.3 Å². The van der Waals surface area contributed by atoms with Crippen LogP contribution < -0.4 is 9.64 Å². The Morgan fingerprint density at radius 3 is 2.60 bits per heavy atom. The van der Waals surface area contributed by atoms with E-state index >= 15 is 0 Å². The molecule has 3 aromatic heterocycles.